The van der Waals surface area contributed by atoms with E-state index in [2.05, 4.69) is 19.2 Å². The van der Waals surface area contributed by atoms with Crippen LogP contribution in [0.3, 0.4) is 0 Å². The van der Waals surface area contributed by atoms with E-state index in [4.69, 9.17) is 11.6 Å². The van der Waals surface area contributed by atoms with Gasteiger partial charge in [0.15, 0.2) is 12.4 Å². The van der Waals surface area contributed by atoms with E-state index >= 15 is 0 Å². The molecule has 0 saturated carbocycles. The fourth-order valence-electron chi connectivity index (χ4n) is 2.34. The van der Waals surface area contributed by atoms with Crippen LogP contribution in [0.4, 0.5) is 0 Å². The molecule has 1 aromatic heterocycles. The lowest BCUT2D eigenvalue weighted by Gasteiger charge is -2.35. The highest BCUT2D eigenvalue weighted by Gasteiger charge is 2.31. The van der Waals surface area contributed by atoms with Gasteiger partial charge in [-0.05, 0) is 43.0 Å². The summed E-state index contributed by atoms with van der Waals surface area (Å²) in [7, 11) is 0. The minimum atomic E-state index is -0.436. The Labute approximate surface area is 141 Å². The van der Waals surface area contributed by atoms with Gasteiger partial charge in [0.2, 0.25) is 0 Å². The van der Waals surface area contributed by atoms with Gasteiger partial charge in [0, 0.05) is 16.6 Å². The molecular weight excluding hydrogens is 312 g/mol. The third kappa shape index (κ3) is 4.45. The Bertz CT molecular complexity index is 686. The Hall–Kier alpha value is -2.07. The van der Waals surface area contributed by atoms with E-state index in [-0.39, 0.29) is 11.8 Å². The molecule has 23 heavy (non-hydrogen) atoms. The molecule has 5 heteroatoms. The SMILES string of the molecule is CC(C)[C@@](C)(Cc1ccc(Cl)cc1)NC(=O)c1ccc[n+]([O-])c1. The topological polar surface area (TPSA) is 56.0 Å². The van der Waals surface area contributed by atoms with E-state index in [9.17, 15) is 10.0 Å². The van der Waals surface area contributed by atoms with Gasteiger partial charge in [0.1, 0.15) is 5.56 Å². The molecule has 0 saturated heterocycles. The lowest BCUT2D eigenvalue weighted by molar-refractivity contribution is -0.605. The van der Waals surface area contributed by atoms with Gasteiger partial charge in [0.05, 0.1) is 0 Å². The summed E-state index contributed by atoms with van der Waals surface area (Å²) in [6.07, 6.45) is 3.31. The lowest BCUT2D eigenvalue weighted by atomic mass is 9.82. The summed E-state index contributed by atoms with van der Waals surface area (Å²) in [6, 6.07) is 10.8. The van der Waals surface area contributed by atoms with Gasteiger partial charge in [-0.15, -0.1) is 0 Å². The summed E-state index contributed by atoms with van der Waals surface area (Å²) in [5.41, 5.74) is 1.01. The van der Waals surface area contributed by atoms with E-state index in [1.165, 1.54) is 12.4 Å². The predicted octanol–water partition coefficient (Wildman–Crippen LogP) is 3.36. The Kier molecular flexibility index (Phi) is 5.26. The van der Waals surface area contributed by atoms with Crippen molar-refractivity contribution in [2.24, 2.45) is 5.92 Å². The zero-order chi connectivity index (χ0) is 17.0. The van der Waals surface area contributed by atoms with Crippen LogP contribution in [0.5, 0.6) is 0 Å². The molecule has 0 aliphatic heterocycles. The van der Waals surface area contributed by atoms with Crippen molar-refractivity contribution in [3.05, 3.63) is 70.1 Å². The van der Waals surface area contributed by atoms with E-state index in [0.29, 0.717) is 21.7 Å². The molecular formula is C18H21ClN2O2. The zero-order valence-corrected chi connectivity index (χ0v) is 14.3. The minimum absolute atomic E-state index is 0.213. The number of carbonyl (C=O) groups excluding carboxylic acids is 1. The maximum Gasteiger partial charge on any atom is 0.257 e. The third-order valence-electron chi connectivity index (χ3n) is 4.20. The van der Waals surface area contributed by atoms with E-state index < -0.39 is 5.54 Å². The molecule has 0 aliphatic carbocycles. The maximum atomic E-state index is 12.5. The minimum Gasteiger partial charge on any atom is -0.619 e. The Balaban J connectivity index is 2.19. The van der Waals surface area contributed by atoms with E-state index in [1.807, 2.05) is 31.2 Å². The van der Waals surface area contributed by atoms with Crippen LogP contribution in [-0.2, 0) is 6.42 Å². The van der Waals surface area contributed by atoms with Gasteiger partial charge in [0.25, 0.3) is 5.91 Å². The summed E-state index contributed by atoms with van der Waals surface area (Å²) >= 11 is 5.92. The number of hydrogen-bond donors (Lipinski definition) is 1. The number of hydrogen-bond acceptors (Lipinski definition) is 2. The Morgan fingerprint density at radius 3 is 2.52 bits per heavy atom. The molecule has 1 amide bonds. The van der Waals surface area contributed by atoms with Crippen molar-refractivity contribution < 1.29 is 9.52 Å². The van der Waals surface area contributed by atoms with Crippen molar-refractivity contribution in [3.63, 3.8) is 0 Å². The van der Waals surface area contributed by atoms with Gasteiger partial charge in [-0.25, -0.2) is 0 Å². The number of amides is 1. The highest BCUT2D eigenvalue weighted by molar-refractivity contribution is 6.30. The molecule has 1 atom stereocenters. The van der Waals surface area contributed by atoms with Crippen LogP contribution in [0.15, 0.2) is 48.8 Å². The van der Waals surface area contributed by atoms with Crippen molar-refractivity contribution in [1.82, 2.24) is 5.32 Å². The number of aromatic nitrogens is 1. The molecule has 1 aromatic carbocycles. The molecule has 0 bridgehead atoms. The quantitative estimate of drug-likeness (QED) is 0.674. The van der Waals surface area contributed by atoms with Crippen molar-refractivity contribution in [2.45, 2.75) is 32.7 Å². The average Bonchev–Trinajstić information content (AvgIpc) is 2.49. The number of pyridine rings is 1. The first kappa shape index (κ1) is 17.3. The zero-order valence-electron chi connectivity index (χ0n) is 13.5. The molecule has 0 fully saturated rings. The maximum absolute atomic E-state index is 12.5. The van der Waals surface area contributed by atoms with E-state index in [0.717, 1.165) is 5.56 Å². The molecule has 4 nitrogen and oxygen atoms in total. The molecule has 0 spiro atoms. The van der Waals surface area contributed by atoms with Crippen LogP contribution in [0.1, 0.15) is 36.7 Å². The number of carbonyl (C=O) groups is 1. The molecule has 0 radical (unpaired) electrons. The fraction of sp³-hybridized carbons (Fsp3) is 0.333. The second kappa shape index (κ2) is 7.01. The van der Waals surface area contributed by atoms with Gasteiger partial charge in [-0.3, -0.25) is 4.79 Å². The molecule has 122 valence electrons. The number of nitrogens with one attached hydrogen (secondary N) is 1. The van der Waals surface area contributed by atoms with Crippen LogP contribution < -0.4 is 10.0 Å². The molecule has 2 rings (SSSR count). The number of benzene rings is 1. The third-order valence-corrected chi connectivity index (χ3v) is 4.45. The standard InChI is InChI=1S/C18H21ClN2O2/c1-13(2)18(3,11-14-6-8-16(19)9-7-14)20-17(22)15-5-4-10-21(23)12-15/h4-10,12-13H,11H2,1-3H3,(H,20,22)/t18-/m1/s1. The summed E-state index contributed by atoms with van der Waals surface area (Å²) in [4.78, 5) is 12.5. The smallest absolute Gasteiger partial charge is 0.257 e. The predicted molar refractivity (Wildman–Crippen MR) is 91.3 cm³/mol. The Morgan fingerprint density at radius 1 is 1.30 bits per heavy atom. The first-order valence-electron chi connectivity index (χ1n) is 7.56. The van der Waals surface area contributed by atoms with Crippen LogP contribution >= 0.6 is 11.6 Å². The fourth-order valence-corrected chi connectivity index (χ4v) is 2.47. The van der Waals surface area contributed by atoms with Crippen LogP contribution in [0.2, 0.25) is 5.02 Å². The van der Waals surface area contributed by atoms with Gasteiger partial charge >= 0.3 is 0 Å². The van der Waals surface area contributed by atoms with Crippen molar-refractivity contribution in [3.8, 4) is 0 Å². The molecule has 1 N–H and O–H groups in total. The summed E-state index contributed by atoms with van der Waals surface area (Å²) in [5.74, 6) is -0.0365. The van der Waals surface area contributed by atoms with Crippen molar-refractivity contribution in [2.75, 3.05) is 0 Å². The highest BCUT2D eigenvalue weighted by atomic mass is 35.5. The van der Waals surface area contributed by atoms with Gasteiger partial charge in [-0.2, -0.15) is 4.73 Å². The Morgan fingerprint density at radius 2 is 1.96 bits per heavy atom. The molecule has 2 aromatic rings. The van der Waals surface area contributed by atoms with Gasteiger partial charge in [-0.1, -0.05) is 37.6 Å². The lowest BCUT2D eigenvalue weighted by Crippen LogP contribution is -2.51. The van der Waals surface area contributed by atoms with Crippen LogP contribution in [0, 0.1) is 11.1 Å². The monoisotopic (exact) mass is 332 g/mol. The number of nitrogens with zero attached hydrogens (tertiary/aromatic N) is 1. The second-order valence-electron chi connectivity index (χ2n) is 6.28. The van der Waals surface area contributed by atoms with E-state index in [1.54, 1.807) is 12.1 Å². The van der Waals surface area contributed by atoms with Crippen molar-refractivity contribution in [1.29, 1.82) is 0 Å². The normalized spacial score (nSPS) is 13.6. The molecule has 1 heterocycles. The average molecular weight is 333 g/mol. The first-order chi connectivity index (χ1) is 10.8. The first-order valence-corrected chi connectivity index (χ1v) is 7.94. The second-order valence-corrected chi connectivity index (χ2v) is 6.72. The van der Waals surface area contributed by atoms with Gasteiger partial charge < -0.3 is 10.5 Å². The summed E-state index contributed by atoms with van der Waals surface area (Å²) < 4.78 is 0.626. The van der Waals surface area contributed by atoms with Crippen LogP contribution in [-0.4, -0.2) is 11.4 Å². The highest BCUT2D eigenvalue weighted by Crippen LogP contribution is 2.23. The number of halogens is 1. The molecule has 0 unspecified atom stereocenters. The number of rotatable bonds is 5. The van der Waals surface area contributed by atoms with Crippen molar-refractivity contribution >= 4 is 17.5 Å². The summed E-state index contributed by atoms with van der Waals surface area (Å²) in [6.45, 7) is 6.14. The largest absolute Gasteiger partial charge is 0.619 e. The molecule has 0 aliphatic rings. The van der Waals surface area contributed by atoms with Crippen LogP contribution in [0.25, 0.3) is 0 Å². The summed E-state index contributed by atoms with van der Waals surface area (Å²) in [5, 5.41) is 15.1.